The van der Waals surface area contributed by atoms with Gasteiger partial charge in [0.25, 0.3) is 5.91 Å². The molecule has 5 heteroatoms. The van der Waals surface area contributed by atoms with Crippen molar-refractivity contribution in [2.45, 2.75) is 6.92 Å². The van der Waals surface area contributed by atoms with Gasteiger partial charge in [0.1, 0.15) is 5.76 Å². The second-order valence-corrected chi connectivity index (χ2v) is 4.07. The normalized spacial score (nSPS) is 10.2. The highest BCUT2D eigenvalue weighted by Gasteiger charge is 2.11. The van der Waals surface area contributed by atoms with E-state index in [4.69, 9.17) is 10.2 Å². The molecule has 0 aliphatic carbocycles. The number of anilines is 1. The lowest BCUT2D eigenvalue weighted by Crippen LogP contribution is -2.15. The fourth-order valence-electron chi connectivity index (χ4n) is 1.64. The molecular weight excluding hydrogens is 244 g/mol. The maximum atomic E-state index is 11.9. The first-order valence-corrected chi connectivity index (χ1v) is 5.81. The van der Waals surface area contributed by atoms with Gasteiger partial charge in [0.2, 0.25) is 0 Å². The lowest BCUT2D eigenvalue weighted by atomic mass is 10.1. The molecule has 3 N–H and O–H groups in total. The summed E-state index contributed by atoms with van der Waals surface area (Å²) >= 11 is 0. The van der Waals surface area contributed by atoms with Crippen LogP contribution in [-0.2, 0) is 0 Å². The van der Waals surface area contributed by atoms with Gasteiger partial charge in [0.05, 0.1) is 6.54 Å². The van der Waals surface area contributed by atoms with E-state index in [1.54, 1.807) is 43.3 Å². The number of ketones is 1. The minimum Gasteiger partial charge on any atom is -0.456 e. The third kappa shape index (κ3) is 3.08. The first-order valence-electron chi connectivity index (χ1n) is 5.81. The molecule has 1 aromatic heterocycles. The highest BCUT2D eigenvalue weighted by atomic mass is 16.3. The van der Waals surface area contributed by atoms with E-state index in [0.717, 1.165) is 0 Å². The molecule has 0 bridgehead atoms. The molecule has 2 aromatic rings. The van der Waals surface area contributed by atoms with Gasteiger partial charge in [-0.25, -0.2) is 0 Å². The number of nitrogens with one attached hydrogen (secondary N) is 1. The van der Waals surface area contributed by atoms with Crippen molar-refractivity contribution in [2.24, 2.45) is 5.73 Å². The molecule has 98 valence electrons. The van der Waals surface area contributed by atoms with Crippen LogP contribution in [0.5, 0.6) is 0 Å². The SMILES string of the molecule is Cc1ccc(C(=O)Nc2cccc(C(=O)CN)c2)o1. The predicted molar refractivity (Wildman–Crippen MR) is 71.2 cm³/mol. The Morgan fingerprint density at radius 3 is 2.68 bits per heavy atom. The number of nitrogens with two attached hydrogens (primary N) is 1. The van der Waals surface area contributed by atoms with Crippen molar-refractivity contribution < 1.29 is 14.0 Å². The Morgan fingerprint density at radius 2 is 2.05 bits per heavy atom. The van der Waals surface area contributed by atoms with E-state index in [2.05, 4.69) is 5.32 Å². The molecule has 0 saturated heterocycles. The van der Waals surface area contributed by atoms with Gasteiger partial charge in [0, 0.05) is 11.3 Å². The van der Waals surface area contributed by atoms with Crippen LogP contribution >= 0.6 is 0 Å². The van der Waals surface area contributed by atoms with Crippen LogP contribution in [0, 0.1) is 6.92 Å². The summed E-state index contributed by atoms with van der Waals surface area (Å²) in [6.07, 6.45) is 0. The molecule has 0 fully saturated rings. The summed E-state index contributed by atoms with van der Waals surface area (Å²) in [4.78, 5) is 23.3. The van der Waals surface area contributed by atoms with E-state index >= 15 is 0 Å². The van der Waals surface area contributed by atoms with Crippen molar-refractivity contribution in [3.8, 4) is 0 Å². The highest BCUT2D eigenvalue weighted by molar-refractivity contribution is 6.03. The molecular formula is C14H14N2O3. The first-order chi connectivity index (χ1) is 9.10. The Labute approximate surface area is 110 Å². The Kier molecular flexibility index (Phi) is 3.77. The Hall–Kier alpha value is -2.40. The van der Waals surface area contributed by atoms with Crippen LogP contribution < -0.4 is 11.1 Å². The molecule has 0 unspecified atom stereocenters. The summed E-state index contributed by atoms with van der Waals surface area (Å²) in [7, 11) is 0. The predicted octanol–water partition coefficient (Wildman–Crippen LogP) is 1.98. The van der Waals surface area contributed by atoms with E-state index in [9.17, 15) is 9.59 Å². The lowest BCUT2D eigenvalue weighted by Gasteiger charge is -2.05. The Bertz CT molecular complexity index is 617. The van der Waals surface area contributed by atoms with Gasteiger partial charge >= 0.3 is 0 Å². The summed E-state index contributed by atoms with van der Waals surface area (Å²) < 4.78 is 5.22. The van der Waals surface area contributed by atoms with E-state index in [1.807, 2.05) is 0 Å². The van der Waals surface area contributed by atoms with Gasteiger partial charge in [-0.3, -0.25) is 9.59 Å². The summed E-state index contributed by atoms with van der Waals surface area (Å²) in [6.45, 7) is 1.70. The van der Waals surface area contributed by atoms with Crippen molar-refractivity contribution in [1.29, 1.82) is 0 Å². The van der Waals surface area contributed by atoms with Crippen LogP contribution in [0.4, 0.5) is 5.69 Å². The quantitative estimate of drug-likeness (QED) is 0.821. The first kappa shape index (κ1) is 13.0. The number of amides is 1. The molecule has 0 spiro atoms. The van der Waals surface area contributed by atoms with Crippen LogP contribution in [0.15, 0.2) is 40.8 Å². The zero-order valence-corrected chi connectivity index (χ0v) is 10.5. The molecule has 0 aliphatic heterocycles. The Morgan fingerprint density at radius 1 is 1.26 bits per heavy atom. The van der Waals surface area contributed by atoms with Crippen molar-refractivity contribution >= 4 is 17.4 Å². The molecule has 0 aliphatic rings. The number of furan rings is 1. The van der Waals surface area contributed by atoms with Gasteiger partial charge in [-0.2, -0.15) is 0 Å². The average Bonchev–Trinajstić information content (AvgIpc) is 2.85. The fourth-order valence-corrected chi connectivity index (χ4v) is 1.64. The summed E-state index contributed by atoms with van der Waals surface area (Å²) in [6, 6.07) is 9.93. The molecule has 1 heterocycles. The van der Waals surface area contributed by atoms with Gasteiger partial charge in [-0.1, -0.05) is 12.1 Å². The smallest absolute Gasteiger partial charge is 0.291 e. The van der Waals surface area contributed by atoms with Crippen molar-refractivity contribution in [2.75, 3.05) is 11.9 Å². The number of rotatable bonds is 4. The van der Waals surface area contributed by atoms with Crippen LogP contribution in [0.3, 0.4) is 0 Å². The van der Waals surface area contributed by atoms with Crippen LogP contribution in [-0.4, -0.2) is 18.2 Å². The zero-order chi connectivity index (χ0) is 13.8. The van der Waals surface area contributed by atoms with Gasteiger partial charge in [-0.15, -0.1) is 0 Å². The molecule has 2 rings (SSSR count). The Balaban J connectivity index is 2.15. The molecule has 5 nitrogen and oxygen atoms in total. The van der Waals surface area contributed by atoms with Crippen molar-refractivity contribution in [1.82, 2.24) is 0 Å². The van der Waals surface area contributed by atoms with E-state index in [-0.39, 0.29) is 24.0 Å². The van der Waals surface area contributed by atoms with E-state index in [0.29, 0.717) is 17.0 Å². The van der Waals surface area contributed by atoms with Crippen molar-refractivity contribution in [3.05, 3.63) is 53.5 Å². The fraction of sp³-hybridized carbons (Fsp3) is 0.143. The van der Waals surface area contributed by atoms with Gasteiger partial charge in [-0.05, 0) is 31.2 Å². The van der Waals surface area contributed by atoms with Gasteiger partial charge in [0.15, 0.2) is 11.5 Å². The molecule has 19 heavy (non-hydrogen) atoms. The number of Topliss-reactive ketones (excluding diaryl/α,β-unsaturated/α-hetero) is 1. The minimum absolute atomic E-state index is 0.0607. The zero-order valence-electron chi connectivity index (χ0n) is 10.5. The standard InChI is InChI=1S/C14H14N2O3/c1-9-5-6-13(19-9)14(18)16-11-4-2-3-10(7-11)12(17)8-15/h2-7H,8,15H2,1H3,(H,16,18). The van der Waals surface area contributed by atoms with Gasteiger partial charge < -0.3 is 15.5 Å². The summed E-state index contributed by atoms with van der Waals surface area (Å²) in [5.74, 6) is 0.362. The largest absolute Gasteiger partial charge is 0.456 e. The number of hydrogen-bond acceptors (Lipinski definition) is 4. The topological polar surface area (TPSA) is 85.3 Å². The third-order valence-corrected chi connectivity index (χ3v) is 2.59. The molecule has 1 amide bonds. The number of carbonyl (C=O) groups excluding carboxylic acids is 2. The van der Waals surface area contributed by atoms with Crippen LogP contribution in [0.1, 0.15) is 26.7 Å². The van der Waals surface area contributed by atoms with E-state index in [1.165, 1.54) is 0 Å². The summed E-state index contributed by atoms with van der Waals surface area (Å²) in [5, 5.41) is 2.67. The highest BCUT2D eigenvalue weighted by Crippen LogP contribution is 2.14. The maximum absolute atomic E-state index is 11.9. The third-order valence-electron chi connectivity index (χ3n) is 2.59. The number of aryl methyl sites for hydroxylation is 1. The van der Waals surface area contributed by atoms with Crippen LogP contribution in [0.2, 0.25) is 0 Å². The number of benzene rings is 1. The molecule has 0 atom stereocenters. The van der Waals surface area contributed by atoms with Crippen LogP contribution in [0.25, 0.3) is 0 Å². The van der Waals surface area contributed by atoms with Crippen molar-refractivity contribution in [3.63, 3.8) is 0 Å². The summed E-state index contributed by atoms with van der Waals surface area (Å²) in [5.41, 5.74) is 6.29. The lowest BCUT2D eigenvalue weighted by molar-refractivity contribution is 0.0988. The average molecular weight is 258 g/mol. The number of carbonyl (C=O) groups is 2. The molecule has 1 aromatic carbocycles. The van der Waals surface area contributed by atoms with E-state index < -0.39 is 0 Å². The minimum atomic E-state index is -0.356. The molecule has 0 saturated carbocycles. The monoisotopic (exact) mass is 258 g/mol. The molecule has 0 radical (unpaired) electrons. The second-order valence-electron chi connectivity index (χ2n) is 4.07. The maximum Gasteiger partial charge on any atom is 0.291 e. The second kappa shape index (κ2) is 5.49. The number of hydrogen-bond donors (Lipinski definition) is 2.